The second-order valence-electron chi connectivity index (χ2n) is 5.10. The SMILES string of the molecule is CN(c1nccc(C(F)(F)F)n1)C1CN(c2ccccn2)C1. The summed E-state index contributed by atoms with van der Waals surface area (Å²) in [5.74, 6) is 0.942. The second kappa shape index (κ2) is 5.43. The van der Waals surface area contributed by atoms with Gasteiger partial charge in [0.05, 0.1) is 6.04 Å². The Bertz CT molecular complexity index is 640. The van der Waals surface area contributed by atoms with E-state index in [0.29, 0.717) is 13.1 Å². The van der Waals surface area contributed by atoms with Crippen LogP contribution >= 0.6 is 0 Å². The summed E-state index contributed by atoms with van der Waals surface area (Å²) < 4.78 is 38.1. The zero-order valence-corrected chi connectivity index (χ0v) is 11.8. The first kappa shape index (κ1) is 14.6. The zero-order valence-electron chi connectivity index (χ0n) is 11.8. The van der Waals surface area contributed by atoms with E-state index in [1.165, 1.54) is 0 Å². The highest BCUT2D eigenvalue weighted by molar-refractivity contribution is 5.45. The standard InChI is InChI=1S/C14H14F3N5/c1-21(13-19-7-5-11(20-13)14(15,16)17)10-8-22(9-10)12-4-2-3-6-18-12/h2-7,10H,8-9H2,1H3. The van der Waals surface area contributed by atoms with E-state index in [4.69, 9.17) is 0 Å². The fourth-order valence-corrected chi connectivity index (χ4v) is 2.27. The molecule has 1 aliphatic rings. The van der Waals surface area contributed by atoms with Crippen molar-refractivity contribution in [2.45, 2.75) is 12.2 Å². The summed E-state index contributed by atoms with van der Waals surface area (Å²) in [6.07, 6.45) is -1.61. The van der Waals surface area contributed by atoms with Crippen molar-refractivity contribution in [3.63, 3.8) is 0 Å². The molecule has 22 heavy (non-hydrogen) atoms. The Hall–Kier alpha value is -2.38. The third kappa shape index (κ3) is 2.81. The van der Waals surface area contributed by atoms with Gasteiger partial charge in [-0.3, -0.25) is 0 Å². The molecule has 0 radical (unpaired) electrons. The van der Waals surface area contributed by atoms with E-state index >= 15 is 0 Å². The molecule has 8 heteroatoms. The minimum absolute atomic E-state index is 0.0606. The van der Waals surface area contributed by atoms with E-state index in [2.05, 4.69) is 19.9 Å². The highest BCUT2D eigenvalue weighted by Gasteiger charge is 2.35. The Balaban J connectivity index is 1.68. The van der Waals surface area contributed by atoms with Crippen LogP contribution < -0.4 is 9.80 Å². The molecule has 1 aliphatic heterocycles. The molecule has 1 saturated heterocycles. The molecule has 0 aliphatic carbocycles. The lowest BCUT2D eigenvalue weighted by Gasteiger charge is -2.44. The average molecular weight is 309 g/mol. The Kier molecular flexibility index (Phi) is 3.59. The van der Waals surface area contributed by atoms with Gasteiger partial charge >= 0.3 is 6.18 Å². The molecule has 0 N–H and O–H groups in total. The van der Waals surface area contributed by atoms with Crippen LogP contribution in [0.1, 0.15) is 5.69 Å². The number of rotatable bonds is 3. The summed E-state index contributed by atoms with van der Waals surface area (Å²) in [5, 5.41) is 0. The summed E-state index contributed by atoms with van der Waals surface area (Å²) in [6.45, 7) is 1.35. The van der Waals surface area contributed by atoms with Crippen molar-refractivity contribution in [2.75, 3.05) is 29.9 Å². The molecule has 1 fully saturated rings. The maximum Gasteiger partial charge on any atom is 0.433 e. The number of nitrogens with zero attached hydrogens (tertiary/aromatic N) is 5. The van der Waals surface area contributed by atoms with Gasteiger partial charge in [0.2, 0.25) is 5.95 Å². The van der Waals surface area contributed by atoms with Gasteiger partial charge < -0.3 is 9.80 Å². The van der Waals surface area contributed by atoms with Gasteiger partial charge in [0, 0.05) is 32.5 Å². The molecule has 0 aromatic carbocycles. The van der Waals surface area contributed by atoms with Gasteiger partial charge in [0.15, 0.2) is 0 Å². The Labute approximate surface area is 125 Å². The fraction of sp³-hybridized carbons (Fsp3) is 0.357. The smallest absolute Gasteiger partial charge is 0.352 e. The molecule has 0 atom stereocenters. The van der Waals surface area contributed by atoms with Gasteiger partial charge in [0.1, 0.15) is 11.5 Å². The van der Waals surface area contributed by atoms with Crippen molar-refractivity contribution in [1.82, 2.24) is 15.0 Å². The summed E-state index contributed by atoms with van der Waals surface area (Å²) in [5.41, 5.74) is -0.926. The van der Waals surface area contributed by atoms with Crippen LogP contribution in [0.2, 0.25) is 0 Å². The normalized spacial score (nSPS) is 15.5. The molecule has 0 bridgehead atoms. The number of alkyl halides is 3. The van der Waals surface area contributed by atoms with Gasteiger partial charge in [-0.1, -0.05) is 6.07 Å². The highest BCUT2D eigenvalue weighted by atomic mass is 19.4. The highest BCUT2D eigenvalue weighted by Crippen LogP contribution is 2.29. The molecule has 116 valence electrons. The monoisotopic (exact) mass is 309 g/mol. The predicted molar refractivity (Wildman–Crippen MR) is 75.7 cm³/mol. The summed E-state index contributed by atoms with van der Waals surface area (Å²) in [4.78, 5) is 15.5. The molecule has 0 saturated carbocycles. The molecular weight excluding hydrogens is 295 g/mol. The quantitative estimate of drug-likeness (QED) is 0.870. The predicted octanol–water partition coefficient (Wildman–Crippen LogP) is 2.22. The van der Waals surface area contributed by atoms with Crippen molar-refractivity contribution in [3.8, 4) is 0 Å². The zero-order chi connectivity index (χ0) is 15.7. The van der Waals surface area contributed by atoms with E-state index in [0.717, 1.165) is 18.1 Å². The van der Waals surface area contributed by atoms with E-state index < -0.39 is 11.9 Å². The molecule has 3 rings (SSSR count). The first-order valence-corrected chi connectivity index (χ1v) is 6.74. The van der Waals surface area contributed by atoms with E-state index in [9.17, 15) is 13.2 Å². The van der Waals surface area contributed by atoms with Crippen LogP contribution in [0, 0.1) is 0 Å². The third-order valence-corrected chi connectivity index (χ3v) is 3.63. The molecule has 3 heterocycles. The number of anilines is 2. The van der Waals surface area contributed by atoms with Gasteiger partial charge in [0.25, 0.3) is 0 Å². The topological polar surface area (TPSA) is 45.2 Å². The minimum Gasteiger partial charge on any atom is -0.352 e. The Morgan fingerprint density at radius 2 is 1.91 bits per heavy atom. The van der Waals surface area contributed by atoms with Crippen molar-refractivity contribution in [1.29, 1.82) is 0 Å². The minimum atomic E-state index is -4.46. The maximum absolute atomic E-state index is 12.7. The number of pyridine rings is 1. The second-order valence-corrected chi connectivity index (χ2v) is 5.10. The molecule has 5 nitrogen and oxygen atoms in total. The lowest BCUT2D eigenvalue weighted by molar-refractivity contribution is -0.141. The first-order valence-electron chi connectivity index (χ1n) is 6.74. The largest absolute Gasteiger partial charge is 0.433 e. The third-order valence-electron chi connectivity index (χ3n) is 3.63. The summed E-state index contributed by atoms with van der Waals surface area (Å²) in [7, 11) is 1.70. The number of halogens is 3. The van der Waals surface area contributed by atoms with Gasteiger partial charge in [-0.05, 0) is 18.2 Å². The van der Waals surface area contributed by atoms with Crippen molar-refractivity contribution in [3.05, 3.63) is 42.4 Å². The maximum atomic E-state index is 12.7. The van der Waals surface area contributed by atoms with Crippen molar-refractivity contribution < 1.29 is 13.2 Å². The van der Waals surface area contributed by atoms with Crippen LogP contribution in [0.15, 0.2) is 36.7 Å². The Morgan fingerprint density at radius 3 is 2.55 bits per heavy atom. The van der Waals surface area contributed by atoms with Gasteiger partial charge in [-0.15, -0.1) is 0 Å². The van der Waals surface area contributed by atoms with Crippen LogP contribution in [0.4, 0.5) is 24.9 Å². The number of hydrogen-bond donors (Lipinski definition) is 0. The fourth-order valence-electron chi connectivity index (χ4n) is 2.27. The van der Waals surface area contributed by atoms with Crippen LogP contribution in [-0.2, 0) is 6.18 Å². The molecule has 2 aromatic heterocycles. The van der Waals surface area contributed by atoms with Crippen LogP contribution in [0.25, 0.3) is 0 Å². The molecule has 0 spiro atoms. The molecule has 0 amide bonds. The first-order chi connectivity index (χ1) is 10.4. The lowest BCUT2D eigenvalue weighted by Crippen LogP contribution is -2.59. The lowest BCUT2D eigenvalue weighted by atomic mass is 10.1. The summed E-state index contributed by atoms with van der Waals surface area (Å²) in [6, 6.07) is 6.57. The van der Waals surface area contributed by atoms with Gasteiger partial charge in [-0.2, -0.15) is 13.2 Å². The number of hydrogen-bond acceptors (Lipinski definition) is 5. The van der Waals surface area contributed by atoms with Crippen LogP contribution in [-0.4, -0.2) is 41.1 Å². The van der Waals surface area contributed by atoms with E-state index in [-0.39, 0.29) is 12.0 Å². The molecule has 0 unspecified atom stereocenters. The van der Waals surface area contributed by atoms with Crippen molar-refractivity contribution in [2.24, 2.45) is 0 Å². The Morgan fingerprint density at radius 1 is 1.14 bits per heavy atom. The van der Waals surface area contributed by atoms with Gasteiger partial charge in [-0.25, -0.2) is 15.0 Å². The molecule has 2 aromatic rings. The molecular formula is C14H14F3N5. The number of aromatic nitrogens is 3. The summed E-state index contributed by atoms with van der Waals surface area (Å²) >= 11 is 0. The van der Waals surface area contributed by atoms with Crippen LogP contribution in [0.3, 0.4) is 0 Å². The number of likely N-dealkylation sites (N-methyl/N-ethyl adjacent to an activating group) is 1. The van der Waals surface area contributed by atoms with Crippen molar-refractivity contribution >= 4 is 11.8 Å². The van der Waals surface area contributed by atoms with E-state index in [1.807, 2.05) is 18.2 Å². The average Bonchev–Trinajstić information content (AvgIpc) is 2.46. The van der Waals surface area contributed by atoms with E-state index in [1.54, 1.807) is 18.1 Å². The van der Waals surface area contributed by atoms with Crippen LogP contribution in [0.5, 0.6) is 0 Å².